The van der Waals surface area contributed by atoms with Crippen LogP contribution in [0.5, 0.6) is 0 Å². The van der Waals surface area contributed by atoms with Crippen molar-refractivity contribution in [1.29, 1.82) is 0 Å². The predicted octanol–water partition coefficient (Wildman–Crippen LogP) is 1.30. The molecule has 0 spiro atoms. The molecule has 0 N–H and O–H groups in total. The Hall–Kier alpha value is -1.00. The molecule has 55 valence electrons. The van der Waals surface area contributed by atoms with Gasteiger partial charge < -0.3 is 0 Å². The molecular weight excluding hydrogens is 145 g/mol. The largest absolute Gasteiger partial charge is 0.270 e. The summed E-state index contributed by atoms with van der Waals surface area (Å²) in [5.74, 6) is -1.03. The quantitative estimate of drug-likeness (QED) is 0.588. The normalized spacial score (nSPS) is 10.9. The standard InChI is InChI=1S/C5H4F3N2/c1-10-5(8)3(2-9-10)4(6)7/h4H,1H3. The Balaban J connectivity index is 3.05. The summed E-state index contributed by atoms with van der Waals surface area (Å²) in [5.41, 5.74) is -0.775. The maximum Gasteiger partial charge on any atom is 0.270 e. The van der Waals surface area contributed by atoms with Gasteiger partial charge in [-0.25, -0.2) is 13.5 Å². The Morgan fingerprint density at radius 3 is 2.40 bits per heavy atom. The van der Waals surface area contributed by atoms with Gasteiger partial charge in [0.25, 0.3) is 6.43 Å². The van der Waals surface area contributed by atoms with Crippen molar-refractivity contribution in [2.24, 2.45) is 7.05 Å². The van der Waals surface area contributed by atoms with Crippen molar-refractivity contribution in [2.75, 3.05) is 0 Å². The lowest BCUT2D eigenvalue weighted by atomic mass is 10.4. The van der Waals surface area contributed by atoms with E-state index >= 15 is 0 Å². The highest BCUT2D eigenvalue weighted by Gasteiger charge is 2.17. The highest BCUT2D eigenvalue weighted by molar-refractivity contribution is 5.05. The highest BCUT2D eigenvalue weighted by atomic mass is 19.3. The zero-order chi connectivity index (χ0) is 7.72. The lowest BCUT2D eigenvalue weighted by Crippen LogP contribution is -1.95. The number of halogens is 3. The van der Waals surface area contributed by atoms with E-state index in [0.717, 1.165) is 0 Å². The van der Waals surface area contributed by atoms with E-state index in [1.807, 2.05) is 6.20 Å². The molecule has 0 bridgehead atoms. The number of hydrogen-bond acceptors (Lipinski definition) is 1. The zero-order valence-corrected chi connectivity index (χ0v) is 5.11. The Morgan fingerprint density at radius 1 is 1.60 bits per heavy atom. The van der Waals surface area contributed by atoms with Gasteiger partial charge in [0, 0.05) is 7.05 Å². The number of aromatic nitrogens is 2. The molecule has 0 aromatic carbocycles. The van der Waals surface area contributed by atoms with E-state index in [1.54, 1.807) is 0 Å². The third-order valence-corrected chi connectivity index (χ3v) is 1.05. The van der Waals surface area contributed by atoms with E-state index in [9.17, 15) is 13.2 Å². The second-order valence-electron chi connectivity index (χ2n) is 1.74. The SMILES string of the molecule is Cn1n[c]c(C(F)F)c1F. The summed E-state index contributed by atoms with van der Waals surface area (Å²) in [6.07, 6.45) is -0.978. The van der Waals surface area contributed by atoms with Crippen molar-refractivity contribution in [1.82, 2.24) is 9.78 Å². The van der Waals surface area contributed by atoms with E-state index in [-0.39, 0.29) is 0 Å². The van der Waals surface area contributed by atoms with Crippen molar-refractivity contribution in [3.05, 3.63) is 17.7 Å². The summed E-state index contributed by atoms with van der Waals surface area (Å²) in [5, 5.41) is 3.17. The minimum atomic E-state index is -2.84. The van der Waals surface area contributed by atoms with E-state index < -0.39 is 17.9 Å². The van der Waals surface area contributed by atoms with Crippen LogP contribution in [0.25, 0.3) is 0 Å². The molecule has 5 heteroatoms. The zero-order valence-electron chi connectivity index (χ0n) is 5.11. The van der Waals surface area contributed by atoms with Crippen LogP contribution in [0.2, 0.25) is 0 Å². The fraction of sp³-hybridized carbons (Fsp3) is 0.400. The monoisotopic (exact) mass is 149 g/mol. The van der Waals surface area contributed by atoms with E-state index in [2.05, 4.69) is 5.10 Å². The molecule has 0 saturated heterocycles. The van der Waals surface area contributed by atoms with Crippen LogP contribution in [0, 0.1) is 12.1 Å². The fourth-order valence-corrected chi connectivity index (χ4v) is 0.532. The molecule has 0 aliphatic carbocycles. The molecule has 0 fully saturated rings. The average Bonchev–Trinajstić information content (AvgIpc) is 2.14. The number of aryl methyl sites for hydroxylation is 1. The van der Waals surface area contributed by atoms with Crippen LogP contribution in [0.1, 0.15) is 12.0 Å². The van der Waals surface area contributed by atoms with Crippen LogP contribution in [0.15, 0.2) is 0 Å². The summed E-state index contributed by atoms with van der Waals surface area (Å²) in [4.78, 5) is 0. The summed E-state index contributed by atoms with van der Waals surface area (Å²) in [7, 11) is 1.23. The van der Waals surface area contributed by atoms with Crippen LogP contribution in [-0.2, 0) is 7.05 Å². The van der Waals surface area contributed by atoms with Crippen molar-refractivity contribution >= 4 is 0 Å². The molecule has 2 nitrogen and oxygen atoms in total. The van der Waals surface area contributed by atoms with Gasteiger partial charge in [0.15, 0.2) is 0 Å². The summed E-state index contributed by atoms with van der Waals surface area (Å²) < 4.78 is 36.5. The second-order valence-corrected chi connectivity index (χ2v) is 1.74. The van der Waals surface area contributed by atoms with Crippen LogP contribution in [0.4, 0.5) is 13.2 Å². The van der Waals surface area contributed by atoms with Gasteiger partial charge in [-0.15, -0.1) is 0 Å². The van der Waals surface area contributed by atoms with Gasteiger partial charge in [-0.2, -0.15) is 9.49 Å². The summed E-state index contributed by atoms with van der Waals surface area (Å²) in [6, 6.07) is 0. The smallest absolute Gasteiger partial charge is 0.242 e. The Kier molecular flexibility index (Phi) is 1.65. The van der Waals surface area contributed by atoms with Gasteiger partial charge in [-0.3, -0.25) is 0 Å². The van der Waals surface area contributed by atoms with Gasteiger partial charge >= 0.3 is 0 Å². The van der Waals surface area contributed by atoms with Crippen LogP contribution in [-0.4, -0.2) is 9.78 Å². The van der Waals surface area contributed by atoms with E-state index in [1.165, 1.54) is 7.05 Å². The molecule has 0 aliphatic rings. The van der Waals surface area contributed by atoms with Crippen LogP contribution in [0.3, 0.4) is 0 Å². The molecule has 1 aromatic heterocycles. The minimum absolute atomic E-state index is 0.710. The Morgan fingerprint density at radius 2 is 2.20 bits per heavy atom. The maximum absolute atomic E-state index is 12.4. The van der Waals surface area contributed by atoms with Crippen molar-refractivity contribution < 1.29 is 13.2 Å². The Bertz CT molecular complexity index is 231. The number of rotatable bonds is 1. The van der Waals surface area contributed by atoms with Crippen LogP contribution < -0.4 is 0 Å². The second kappa shape index (κ2) is 2.32. The van der Waals surface area contributed by atoms with E-state index in [0.29, 0.717) is 4.68 Å². The first-order valence-electron chi connectivity index (χ1n) is 2.51. The van der Waals surface area contributed by atoms with Crippen LogP contribution >= 0.6 is 0 Å². The third-order valence-electron chi connectivity index (χ3n) is 1.05. The molecule has 1 aromatic rings. The summed E-state index contributed by atoms with van der Waals surface area (Å²) in [6.45, 7) is 0. The first-order chi connectivity index (χ1) is 4.63. The average molecular weight is 149 g/mol. The lowest BCUT2D eigenvalue weighted by molar-refractivity contribution is 0.145. The summed E-state index contributed by atoms with van der Waals surface area (Å²) >= 11 is 0. The molecular formula is C5H4F3N2. The van der Waals surface area contributed by atoms with Gasteiger partial charge in [0.1, 0.15) is 11.8 Å². The molecule has 0 saturated carbocycles. The van der Waals surface area contributed by atoms with Gasteiger partial charge in [-0.1, -0.05) is 0 Å². The number of alkyl halides is 2. The molecule has 1 radical (unpaired) electrons. The molecule has 0 amide bonds. The molecule has 10 heavy (non-hydrogen) atoms. The van der Waals surface area contributed by atoms with Crippen molar-refractivity contribution in [2.45, 2.75) is 6.43 Å². The molecule has 0 atom stereocenters. The van der Waals surface area contributed by atoms with Gasteiger partial charge in [-0.05, 0) is 0 Å². The first-order valence-corrected chi connectivity index (χ1v) is 2.51. The molecule has 1 rings (SSSR count). The minimum Gasteiger partial charge on any atom is -0.242 e. The van der Waals surface area contributed by atoms with Crippen molar-refractivity contribution in [3.8, 4) is 0 Å². The van der Waals surface area contributed by atoms with Crippen molar-refractivity contribution in [3.63, 3.8) is 0 Å². The van der Waals surface area contributed by atoms with Gasteiger partial charge in [0.05, 0.1) is 0 Å². The van der Waals surface area contributed by atoms with E-state index in [4.69, 9.17) is 0 Å². The molecule has 0 aliphatic heterocycles. The topological polar surface area (TPSA) is 17.8 Å². The number of hydrogen-bond donors (Lipinski definition) is 0. The number of nitrogens with zero attached hydrogens (tertiary/aromatic N) is 2. The third kappa shape index (κ3) is 0.984. The highest BCUT2D eigenvalue weighted by Crippen LogP contribution is 2.19. The predicted molar refractivity (Wildman–Crippen MR) is 27.0 cm³/mol. The molecule has 0 unspecified atom stereocenters. The fourth-order valence-electron chi connectivity index (χ4n) is 0.532. The lowest BCUT2D eigenvalue weighted by Gasteiger charge is -1.92. The maximum atomic E-state index is 12.4. The first kappa shape index (κ1) is 7.11. The molecule has 1 heterocycles. The van der Waals surface area contributed by atoms with Gasteiger partial charge in [0.2, 0.25) is 5.95 Å². The Labute approximate surface area is 55.3 Å².